The average Bonchev–Trinajstić information content (AvgIpc) is 3.61. The Balaban J connectivity index is 1.06. The summed E-state index contributed by atoms with van der Waals surface area (Å²) < 4.78 is 6.55. The van der Waals surface area contributed by atoms with Crippen LogP contribution in [-0.4, -0.2) is 5.71 Å². The van der Waals surface area contributed by atoms with Gasteiger partial charge in [-0.3, -0.25) is 4.99 Å². The zero-order valence-electron chi connectivity index (χ0n) is 29.8. The van der Waals surface area contributed by atoms with Crippen molar-refractivity contribution < 1.29 is 4.74 Å². The minimum Gasteiger partial charge on any atom is -0.454 e. The van der Waals surface area contributed by atoms with Crippen molar-refractivity contribution >= 4 is 27.6 Å². The summed E-state index contributed by atoms with van der Waals surface area (Å²) in [6, 6.07) is 58.6. The molecule has 0 amide bonds. The second-order valence-corrected chi connectivity index (χ2v) is 13.8. The second kappa shape index (κ2) is 14.3. The molecule has 0 bridgehead atoms. The number of fused-ring (bicyclic) bond motifs is 2. The van der Waals surface area contributed by atoms with Crippen LogP contribution in [0.4, 0.5) is 0 Å². The van der Waals surface area contributed by atoms with E-state index in [1.165, 1.54) is 55.3 Å². The van der Waals surface area contributed by atoms with E-state index in [0.29, 0.717) is 6.54 Å². The highest BCUT2D eigenvalue weighted by Crippen LogP contribution is 2.38. The van der Waals surface area contributed by atoms with Gasteiger partial charge in [0, 0.05) is 11.1 Å². The normalized spacial score (nSPS) is 15.3. The molecule has 0 unspecified atom stereocenters. The first-order valence-corrected chi connectivity index (χ1v) is 18.5. The van der Waals surface area contributed by atoms with Crippen LogP contribution in [0.5, 0.6) is 5.75 Å². The molecule has 7 aromatic carbocycles. The fourth-order valence-electron chi connectivity index (χ4n) is 7.60. The topological polar surface area (TPSA) is 21.6 Å². The van der Waals surface area contributed by atoms with Gasteiger partial charge < -0.3 is 4.74 Å². The fourth-order valence-corrected chi connectivity index (χ4v) is 7.60. The van der Waals surface area contributed by atoms with Crippen LogP contribution in [0.2, 0.25) is 0 Å². The standard InChI is InChI=1S/C51H39NO/c1-35(46-27-14-21-39-20-8-9-25-47(39)46)51-50(48-26-10-11-28-49(48)53-51)52-34-36-15-12-22-40(29-36)41-23-13-24-42(30-41)45-32-43(37-16-4-2-5-17-37)31-44(33-45)38-18-6-3-7-19-38/h2,4-6,8-33H,3,7,34H2,1H3/b51-35-,52-50?. The third kappa shape index (κ3) is 6.56. The van der Waals surface area contributed by atoms with Gasteiger partial charge in [0.15, 0.2) is 5.76 Å². The lowest BCUT2D eigenvalue weighted by molar-refractivity contribution is 0.470. The molecule has 0 spiro atoms. The second-order valence-electron chi connectivity index (χ2n) is 13.8. The molecular weight excluding hydrogens is 643 g/mol. The molecule has 254 valence electrons. The molecule has 0 saturated carbocycles. The SMILES string of the molecule is C/C(=C1/Oc2ccccc2C1=NCc1cccc(-c2cccc(-c3cc(C4=CCCC=C4)cc(-c4ccccc4)c3)c2)c1)c1cccc2ccccc12. The van der Waals surface area contributed by atoms with Gasteiger partial charge in [0.05, 0.1) is 6.54 Å². The summed E-state index contributed by atoms with van der Waals surface area (Å²) in [6.45, 7) is 2.69. The van der Waals surface area contributed by atoms with Crippen LogP contribution in [0, 0.1) is 0 Å². The van der Waals surface area contributed by atoms with Gasteiger partial charge in [-0.05, 0) is 129 Å². The minimum absolute atomic E-state index is 0.540. The number of hydrogen-bond donors (Lipinski definition) is 0. The monoisotopic (exact) mass is 681 g/mol. The molecular formula is C51H39NO. The van der Waals surface area contributed by atoms with Crippen molar-refractivity contribution in [1.29, 1.82) is 0 Å². The highest BCUT2D eigenvalue weighted by atomic mass is 16.5. The van der Waals surface area contributed by atoms with Crippen molar-refractivity contribution in [3.8, 4) is 39.1 Å². The van der Waals surface area contributed by atoms with E-state index in [-0.39, 0.29) is 0 Å². The Labute approximate surface area is 311 Å². The molecule has 1 heterocycles. The number of para-hydroxylation sites is 1. The number of rotatable bonds is 7. The van der Waals surface area contributed by atoms with Crippen molar-refractivity contribution in [2.45, 2.75) is 26.3 Å². The zero-order valence-corrected chi connectivity index (χ0v) is 29.8. The zero-order chi connectivity index (χ0) is 35.6. The first kappa shape index (κ1) is 32.4. The number of nitrogens with zero attached hydrogens (tertiary/aromatic N) is 1. The number of ether oxygens (including phenoxy) is 1. The van der Waals surface area contributed by atoms with Crippen LogP contribution in [-0.2, 0) is 6.54 Å². The van der Waals surface area contributed by atoms with E-state index < -0.39 is 0 Å². The third-order valence-corrected chi connectivity index (χ3v) is 10.3. The third-order valence-electron chi connectivity index (χ3n) is 10.3. The fraction of sp³-hybridized carbons (Fsp3) is 0.0784. The Kier molecular flexibility index (Phi) is 8.71. The molecule has 9 rings (SSSR count). The van der Waals surface area contributed by atoms with E-state index in [2.05, 4.69) is 177 Å². The van der Waals surface area contributed by atoms with Gasteiger partial charge in [0.1, 0.15) is 11.5 Å². The van der Waals surface area contributed by atoms with Gasteiger partial charge in [-0.2, -0.15) is 0 Å². The molecule has 0 aromatic heterocycles. The number of benzene rings is 7. The molecule has 0 saturated heterocycles. The average molecular weight is 682 g/mol. The molecule has 0 N–H and O–H groups in total. The lowest BCUT2D eigenvalue weighted by atomic mass is 9.90. The van der Waals surface area contributed by atoms with Crippen LogP contribution in [0.15, 0.2) is 193 Å². The largest absolute Gasteiger partial charge is 0.454 e. The van der Waals surface area contributed by atoms with Crippen molar-refractivity contribution in [3.05, 3.63) is 210 Å². The molecule has 7 aromatic rings. The molecule has 0 radical (unpaired) electrons. The Morgan fingerprint density at radius 2 is 1.21 bits per heavy atom. The Morgan fingerprint density at radius 1 is 0.566 bits per heavy atom. The summed E-state index contributed by atoms with van der Waals surface area (Å²) in [6.07, 6.45) is 9.09. The summed E-state index contributed by atoms with van der Waals surface area (Å²) in [5, 5.41) is 2.42. The highest BCUT2D eigenvalue weighted by molar-refractivity contribution is 6.20. The summed E-state index contributed by atoms with van der Waals surface area (Å²) in [5.74, 6) is 1.67. The Bertz CT molecular complexity index is 2610. The van der Waals surface area contributed by atoms with Gasteiger partial charge in [-0.1, -0.05) is 140 Å². The Hall–Kier alpha value is -6.51. The molecule has 0 atom stereocenters. The van der Waals surface area contributed by atoms with Crippen LogP contribution >= 0.6 is 0 Å². The number of allylic oxidation sites excluding steroid dienone is 6. The summed E-state index contributed by atoms with van der Waals surface area (Å²) in [5.41, 5.74) is 15.1. The first-order valence-electron chi connectivity index (χ1n) is 18.5. The van der Waals surface area contributed by atoms with Crippen LogP contribution < -0.4 is 4.74 Å². The predicted octanol–water partition coefficient (Wildman–Crippen LogP) is 13.4. The highest BCUT2D eigenvalue weighted by Gasteiger charge is 2.27. The van der Waals surface area contributed by atoms with E-state index >= 15 is 0 Å². The lowest BCUT2D eigenvalue weighted by Gasteiger charge is -2.14. The number of aliphatic imine (C=N–C) groups is 1. The van der Waals surface area contributed by atoms with E-state index in [1.54, 1.807) is 0 Å². The maximum atomic E-state index is 6.55. The van der Waals surface area contributed by atoms with Gasteiger partial charge in [-0.25, -0.2) is 0 Å². The summed E-state index contributed by atoms with van der Waals surface area (Å²) in [4.78, 5) is 5.26. The number of hydrogen-bond acceptors (Lipinski definition) is 2. The predicted molar refractivity (Wildman–Crippen MR) is 223 cm³/mol. The summed E-state index contributed by atoms with van der Waals surface area (Å²) >= 11 is 0. The summed E-state index contributed by atoms with van der Waals surface area (Å²) in [7, 11) is 0. The minimum atomic E-state index is 0.540. The molecule has 2 nitrogen and oxygen atoms in total. The molecule has 53 heavy (non-hydrogen) atoms. The molecule has 0 fully saturated rings. The maximum Gasteiger partial charge on any atom is 0.156 e. The molecule has 2 heteroatoms. The van der Waals surface area contributed by atoms with Gasteiger partial charge in [0.25, 0.3) is 0 Å². The molecule has 1 aliphatic heterocycles. The van der Waals surface area contributed by atoms with E-state index in [4.69, 9.17) is 9.73 Å². The molecule has 1 aliphatic carbocycles. The van der Waals surface area contributed by atoms with Gasteiger partial charge in [0.2, 0.25) is 0 Å². The smallest absolute Gasteiger partial charge is 0.156 e. The van der Waals surface area contributed by atoms with Crippen molar-refractivity contribution in [3.63, 3.8) is 0 Å². The Morgan fingerprint density at radius 3 is 2.06 bits per heavy atom. The van der Waals surface area contributed by atoms with Gasteiger partial charge in [-0.15, -0.1) is 0 Å². The quantitative estimate of drug-likeness (QED) is 0.164. The van der Waals surface area contributed by atoms with Crippen LogP contribution in [0.1, 0.15) is 42.0 Å². The van der Waals surface area contributed by atoms with Crippen molar-refractivity contribution in [2.75, 3.05) is 0 Å². The van der Waals surface area contributed by atoms with E-state index in [9.17, 15) is 0 Å². The van der Waals surface area contributed by atoms with Crippen molar-refractivity contribution in [2.24, 2.45) is 4.99 Å². The lowest BCUT2D eigenvalue weighted by Crippen LogP contribution is -2.05. The van der Waals surface area contributed by atoms with Gasteiger partial charge >= 0.3 is 0 Å². The molecule has 2 aliphatic rings. The van der Waals surface area contributed by atoms with E-state index in [1.807, 2.05) is 12.1 Å². The maximum absolute atomic E-state index is 6.55. The van der Waals surface area contributed by atoms with Crippen LogP contribution in [0.25, 0.3) is 55.3 Å². The first-order chi connectivity index (χ1) is 26.2. The van der Waals surface area contributed by atoms with E-state index in [0.717, 1.165) is 52.3 Å². The van der Waals surface area contributed by atoms with Crippen molar-refractivity contribution in [1.82, 2.24) is 0 Å². The van der Waals surface area contributed by atoms with Crippen LogP contribution in [0.3, 0.4) is 0 Å².